The Kier molecular flexibility index (Phi) is 7.35. The Morgan fingerprint density at radius 3 is 2.34 bits per heavy atom. The van der Waals surface area contributed by atoms with Gasteiger partial charge in [0.05, 0.1) is 5.92 Å². The predicted molar refractivity (Wildman–Crippen MR) is 119 cm³/mol. The fraction of sp³-hybridized carbons (Fsp3) is 0.500. The van der Waals surface area contributed by atoms with Gasteiger partial charge in [0.15, 0.2) is 11.6 Å². The molecule has 32 heavy (non-hydrogen) atoms. The maximum Gasteiger partial charge on any atom is 0.309 e. The maximum absolute atomic E-state index is 12.8. The zero-order chi connectivity index (χ0) is 23.5. The second kappa shape index (κ2) is 9.83. The molecule has 2 aromatic rings. The lowest BCUT2D eigenvalue weighted by molar-refractivity contribution is -0.153. The average Bonchev–Trinajstić information content (AvgIpc) is 3.12. The van der Waals surface area contributed by atoms with Gasteiger partial charge in [-0.2, -0.15) is 4.31 Å². The molecule has 9 nitrogen and oxygen atoms in total. The summed E-state index contributed by atoms with van der Waals surface area (Å²) in [6.07, 6.45) is 2.17. The molecule has 0 bridgehead atoms. The number of carbonyl (C=O) groups excluding carboxylic acids is 2. The highest BCUT2D eigenvalue weighted by atomic mass is 32.2. The van der Waals surface area contributed by atoms with E-state index < -0.39 is 21.9 Å². The van der Waals surface area contributed by atoms with E-state index in [4.69, 9.17) is 4.74 Å². The van der Waals surface area contributed by atoms with Crippen LogP contribution in [0.15, 0.2) is 41.6 Å². The molecule has 10 heteroatoms. The van der Waals surface area contributed by atoms with Crippen LogP contribution < -0.4 is 4.90 Å². The number of para-hydroxylation sites is 1. The maximum atomic E-state index is 12.8. The van der Waals surface area contributed by atoms with Crippen LogP contribution in [0.2, 0.25) is 0 Å². The third-order valence-electron chi connectivity index (χ3n) is 5.64. The van der Waals surface area contributed by atoms with E-state index in [-0.39, 0.29) is 36.7 Å². The van der Waals surface area contributed by atoms with Crippen molar-refractivity contribution in [3.63, 3.8) is 0 Å². The molecule has 1 amide bonds. The van der Waals surface area contributed by atoms with Crippen LogP contribution in [0.25, 0.3) is 0 Å². The lowest BCUT2D eigenvalue weighted by Crippen LogP contribution is -2.42. The summed E-state index contributed by atoms with van der Waals surface area (Å²) in [5.74, 6) is -0.604. The number of carbonyl (C=O) groups is 2. The van der Waals surface area contributed by atoms with Crippen molar-refractivity contribution in [3.05, 3.63) is 42.4 Å². The van der Waals surface area contributed by atoms with Gasteiger partial charge in [0.25, 0.3) is 15.9 Å². The second-order valence-corrected chi connectivity index (χ2v) is 10.1. The number of sulfonamides is 1. The minimum atomic E-state index is -3.70. The van der Waals surface area contributed by atoms with Gasteiger partial charge in [0.2, 0.25) is 0 Å². The number of rotatable bonds is 7. The summed E-state index contributed by atoms with van der Waals surface area (Å²) in [6.45, 7) is 5.58. The summed E-state index contributed by atoms with van der Waals surface area (Å²) >= 11 is 0. The van der Waals surface area contributed by atoms with Crippen molar-refractivity contribution < 1.29 is 22.7 Å². The quantitative estimate of drug-likeness (QED) is 0.584. The van der Waals surface area contributed by atoms with Crippen LogP contribution >= 0.6 is 0 Å². The monoisotopic (exact) mass is 462 g/mol. The van der Waals surface area contributed by atoms with E-state index >= 15 is 0 Å². The van der Waals surface area contributed by atoms with Crippen molar-refractivity contribution in [3.8, 4) is 0 Å². The largest absolute Gasteiger partial charge is 0.455 e. The Labute approximate surface area is 189 Å². The number of anilines is 1. The number of esters is 1. The normalized spacial score (nSPS) is 15.7. The SMILES string of the molecule is Cc1nc(S(=O)(=O)N2CCC(C(=O)OCC(=O)N(c3ccccc3)C(C)C)CC2)cn1C. The summed E-state index contributed by atoms with van der Waals surface area (Å²) < 4.78 is 33.9. The summed E-state index contributed by atoms with van der Waals surface area (Å²) in [5.41, 5.74) is 0.742. The van der Waals surface area contributed by atoms with Crippen LogP contribution in [0.1, 0.15) is 32.5 Å². The van der Waals surface area contributed by atoms with Gasteiger partial charge in [-0.1, -0.05) is 18.2 Å². The highest BCUT2D eigenvalue weighted by Gasteiger charge is 2.34. The van der Waals surface area contributed by atoms with Crippen molar-refractivity contribution in [2.45, 2.75) is 44.7 Å². The summed E-state index contributed by atoms with van der Waals surface area (Å²) in [7, 11) is -1.96. The first-order chi connectivity index (χ1) is 15.1. The van der Waals surface area contributed by atoms with Gasteiger partial charge in [0.1, 0.15) is 5.82 Å². The molecule has 1 aromatic carbocycles. The van der Waals surface area contributed by atoms with Crippen molar-refractivity contribution in [2.75, 3.05) is 24.6 Å². The van der Waals surface area contributed by atoms with E-state index in [1.807, 2.05) is 44.2 Å². The highest BCUT2D eigenvalue weighted by molar-refractivity contribution is 7.89. The molecule has 1 fully saturated rings. The molecule has 0 spiro atoms. The van der Waals surface area contributed by atoms with Gasteiger partial charge in [-0.3, -0.25) is 9.59 Å². The van der Waals surface area contributed by atoms with Crippen molar-refractivity contribution in [1.29, 1.82) is 0 Å². The fourth-order valence-electron chi connectivity index (χ4n) is 3.75. The third-order valence-corrected chi connectivity index (χ3v) is 7.41. The number of aromatic nitrogens is 2. The van der Waals surface area contributed by atoms with Crippen molar-refractivity contribution in [2.24, 2.45) is 13.0 Å². The second-order valence-electron chi connectivity index (χ2n) is 8.22. The van der Waals surface area contributed by atoms with Gasteiger partial charge in [-0.15, -0.1) is 0 Å². The lowest BCUT2D eigenvalue weighted by Gasteiger charge is -2.30. The number of hydrogen-bond donors (Lipinski definition) is 0. The molecular weight excluding hydrogens is 432 g/mol. The van der Waals surface area contributed by atoms with Crippen LogP contribution in [0.4, 0.5) is 5.69 Å². The molecule has 1 aliphatic rings. The van der Waals surface area contributed by atoms with Crippen LogP contribution in [0, 0.1) is 12.8 Å². The molecule has 3 rings (SSSR count). The number of hydrogen-bond acceptors (Lipinski definition) is 6. The standard InChI is InChI=1S/C22H30N4O5S/c1-16(2)26(19-8-6-5-7-9-19)21(27)15-31-22(28)18-10-12-25(13-11-18)32(29,30)20-14-24(4)17(3)23-20/h5-9,14,16,18H,10-13,15H2,1-4H3. The first-order valence-electron chi connectivity index (χ1n) is 10.6. The van der Waals surface area contributed by atoms with Crippen LogP contribution in [-0.4, -0.2) is 59.9 Å². The van der Waals surface area contributed by atoms with Crippen molar-refractivity contribution in [1.82, 2.24) is 13.9 Å². The number of nitrogens with zero attached hydrogens (tertiary/aromatic N) is 4. The predicted octanol–water partition coefficient (Wildman–Crippen LogP) is 2.11. The molecule has 0 N–H and O–H groups in total. The molecule has 0 unspecified atom stereocenters. The molecule has 2 heterocycles. The molecule has 0 aliphatic carbocycles. The van der Waals surface area contributed by atoms with E-state index in [1.54, 1.807) is 23.4 Å². The summed E-state index contributed by atoms with van der Waals surface area (Å²) in [5, 5.41) is 0.0128. The van der Waals surface area contributed by atoms with Crippen molar-refractivity contribution >= 4 is 27.6 Å². The minimum Gasteiger partial charge on any atom is -0.455 e. The van der Waals surface area contributed by atoms with Gasteiger partial charge >= 0.3 is 5.97 Å². The molecule has 1 aliphatic heterocycles. The molecular formula is C22H30N4O5S. The molecule has 0 saturated carbocycles. The Balaban J connectivity index is 1.55. The van der Waals surface area contributed by atoms with Crippen LogP contribution in [0.5, 0.6) is 0 Å². The molecule has 0 atom stereocenters. The Morgan fingerprint density at radius 2 is 1.81 bits per heavy atom. The number of imidazole rings is 1. The van der Waals surface area contributed by atoms with E-state index in [0.717, 1.165) is 5.69 Å². The van der Waals surface area contributed by atoms with E-state index in [9.17, 15) is 18.0 Å². The number of aryl methyl sites for hydroxylation is 2. The number of benzene rings is 1. The molecule has 174 valence electrons. The lowest BCUT2D eigenvalue weighted by atomic mass is 9.98. The van der Waals surface area contributed by atoms with E-state index in [2.05, 4.69) is 4.98 Å². The summed E-state index contributed by atoms with van der Waals surface area (Å²) in [6, 6.07) is 9.13. The number of amides is 1. The van der Waals surface area contributed by atoms with Crippen LogP contribution in [0.3, 0.4) is 0 Å². The van der Waals surface area contributed by atoms with E-state index in [1.165, 1.54) is 10.5 Å². The van der Waals surface area contributed by atoms with Gasteiger partial charge in [0, 0.05) is 38.1 Å². The zero-order valence-electron chi connectivity index (χ0n) is 18.9. The smallest absolute Gasteiger partial charge is 0.309 e. The minimum absolute atomic E-state index is 0.0128. The molecule has 1 aromatic heterocycles. The molecule has 1 saturated heterocycles. The Bertz CT molecular complexity index is 1040. The first kappa shape index (κ1) is 23.9. The number of ether oxygens (including phenoxy) is 1. The Hall–Kier alpha value is -2.72. The van der Waals surface area contributed by atoms with Crippen LogP contribution in [-0.2, 0) is 31.4 Å². The number of piperidine rings is 1. The fourth-order valence-corrected chi connectivity index (χ4v) is 5.25. The third kappa shape index (κ3) is 5.18. The zero-order valence-corrected chi connectivity index (χ0v) is 19.7. The molecule has 0 radical (unpaired) electrons. The van der Waals surface area contributed by atoms with E-state index in [0.29, 0.717) is 18.7 Å². The topological polar surface area (TPSA) is 102 Å². The van der Waals surface area contributed by atoms with Gasteiger partial charge in [-0.25, -0.2) is 13.4 Å². The summed E-state index contributed by atoms with van der Waals surface area (Å²) in [4.78, 5) is 30.9. The van der Waals surface area contributed by atoms with Gasteiger partial charge < -0.3 is 14.2 Å². The van der Waals surface area contributed by atoms with Gasteiger partial charge in [-0.05, 0) is 45.7 Å². The Morgan fingerprint density at radius 1 is 1.19 bits per heavy atom. The highest BCUT2D eigenvalue weighted by Crippen LogP contribution is 2.24. The average molecular weight is 463 g/mol. The first-order valence-corrected chi connectivity index (χ1v) is 12.1.